The summed E-state index contributed by atoms with van der Waals surface area (Å²) in [5.41, 5.74) is 6.08. The molecule has 0 heterocycles. The molecular weight excluding hydrogens is 290 g/mol. The molecule has 0 aliphatic rings. The van der Waals surface area contributed by atoms with Gasteiger partial charge in [-0.1, -0.05) is 23.2 Å². The van der Waals surface area contributed by atoms with Crippen LogP contribution in [-0.4, -0.2) is 18.8 Å². The molecule has 0 saturated carbocycles. The maximum absolute atomic E-state index is 12.1. The van der Waals surface area contributed by atoms with Crippen molar-refractivity contribution in [3.05, 3.63) is 27.7 Å². The van der Waals surface area contributed by atoms with E-state index >= 15 is 0 Å². The minimum atomic E-state index is -4.42. The molecule has 0 amide bonds. The Morgan fingerprint density at radius 3 is 2.44 bits per heavy atom. The molecule has 2 nitrogen and oxygen atoms in total. The summed E-state index contributed by atoms with van der Waals surface area (Å²) in [6.45, 7) is 0.322. The zero-order valence-electron chi connectivity index (χ0n) is 9.52. The summed E-state index contributed by atoms with van der Waals surface area (Å²) < 4.78 is 41.1. The highest BCUT2D eigenvalue weighted by Gasteiger charge is 2.29. The average molecular weight is 302 g/mol. The smallest absolute Gasteiger partial charge is 0.422 e. The van der Waals surface area contributed by atoms with E-state index in [1.807, 2.05) is 0 Å². The summed E-state index contributed by atoms with van der Waals surface area (Å²) in [4.78, 5) is 0. The molecule has 1 aromatic rings. The van der Waals surface area contributed by atoms with Crippen LogP contribution >= 0.6 is 23.2 Å². The third-order valence-electron chi connectivity index (χ3n) is 2.01. The van der Waals surface area contributed by atoms with Gasteiger partial charge in [0.25, 0.3) is 0 Å². The van der Waals surface area contributed by atoms with Gasteiger partial charge in [0, 0.05) is 11.1 Å². The van der Waals surface area contributed by atoms with Crippen LogP contribution in [0.2, 0.25) is 10.0 Å². The maximum Gasteiger partial charge on any atom is 0.422 e. The molecular formula is C11H12Cl2F3NO. The summed E-state index contributed by atoms with van der Waals surface area (Å²) in [7, 11) is 0. The first kappa shape index (κ1) is 15.4. The molecule has 1 rings (SSSR count). The van der Waals surface area contributed by atoms with E-state index in [4.69, 9.17) is 33.7 Å². The lowest BCUT2D eigenvalue weighted by atomic mass is 10.1. The number of rotatable bonds is 4. The first-order valence-corrected chi connectivity index (χ1v) is 5.87. The first-order valence-electron chi connectivity index (χ1n) is 5.12. The van der Waals surface area contributed by atoms with E-state index in [-0.39, 0.29) is 16.8 Å². The summed E-state index contributed by atoms with van der Waals surface area (Å²) in [5, 5.41) is 0.373. The fourth-order valence-electron chi connectivity index (χ4n) is 1.43. The van der Waals surface area contributed by atoms with E-state index < -0.39 is 12.8 Å². The Hall–Kier alpha value is -0.650. The van der Waals surface area contributed by atoms with Gasteiger partial charge in [-0.3, -0.25) is 0 Å². The molecule has 2 N–H and O–H groups in total. The van der Waals surface area contributed by atoms with Gasteiger partial charge in [-0.2, -0.15) is 13.2 Å². The molecule has 7 heteroatoms. The highest BCUT2D eigenvalue weighted by atomic mass is 35.5. The van der Waals surface area contributed by atoms with Gasteiger partial charge in [0.1, 0.15) is 5.75 Å². The van der Waals surface area contributed by atoms with Crippen molar-refractivity contribution in [2.24, 2.45) is 5.73 Å². The van der Waals surface area contributed by atoms with Crippen molar-refractivity contribution < 1.29 is 17.9 Å². The molecule has 1 atom stereocenters. The van der Waals surface area contributed by atoms with Crippen LogP contribution in [0.3, 0.4) is 0 Å². The van der Waals surface area contributed by atoms with Gasteiger partial charge >= 0.3 is 6.18 Å². The van der Waals surface area contributed by atoms with Crippen molar-refractivity contribution in [1.29, 1.82) is 0 Å². The topological polar surface area (TPSA) is 35.2 Å². The Balaban J connectivity index is 3.00. The van der Waals surface area contributed by atoms with E-state index in [2.05, 4.69) is 0 Å². The summed E-state index contributed by atoms with van der Waals surface area (Å²) in [5.74, 6) is -0.0179. The monoisotopic (exact) mass is 301 g/mol. The van der Waals surface area contributed by atoms with E-state index in [9.17, 15) is 13.2 Å². The number of alkyl halides is 3. The van der Waals surface area contributed by atoms with E-state index in [0.29, 0.717) is 17.0 Å². The van der Waals surface area contributed by atoms with Crippen LogP contribution in [0.15, 0.2) is 12.1 Å². The Morgan fingerprint density at radius 2 is 1.94 bits per heavy atom. The molecule has 102 valence electrons. The van der Waals surface area contributed by atoms with E-state index in [0.717, 1.165) is 0 Å². The van der Waals surface area contributed by atoms with Gasteiger partial charge in [-0.25, -0.2) is 0 Å². The Bertz CT molecular complexity index is 421. The number of hydrogen-bond donors (Lipinski definition) is 1. The van der Waals surface area contributed by atoms with Gasteiger partial charge in [0.15, 0.2) is 6.61 Å². The standard InChI is InChI=1S/C11H12Cl2F3NO/c1-6(17)2-7-3-8(12)4-9(13)10(7)18-5-11(14,15)16/h3-4,6H,2,5,17H2,1H3. The fourth-order valence-corrected chi connectivity index (χ4v) is 2.02. The Labute approximate surface area is 113 Å². The Morgan fingerprint density at radius 1 is 1.33 bits per heavy atom. The van der Waals surface area contributed by atoms with Gasteiger partial charge in [-0.15, -0.1) is 0 Å². The number of benzene rings is 1. The third-order valence-corrected chi connectivity index (χ3v) is 2.51. The fraction of sp³-hybridized carbons (Fsp3) is 0.455. The van der Waals surface area contributed by atoms with Crippen molar-refractivity contribution in [1.82, 2.24) is 0 Å². The minimum Gasteiger partial charge on any atom is -0.482 e. The van der Waals surface area contributed by atoms with Crippen LogP contribution in [0.4, 0.5) is 13.2 Å². The maximum atomic E-state index is 12.1. The lowest BCUT2D eigenvalue weighted by Crippen LogP contribution is -2.22. The molecule has 0 aromatic heterocycles. The van der Waals surface area contributed by atoms with Crippen LogP contribution in [0, 0.1) is 0 Å². The molecule has 0 fully saturated rings. The average Bonchev–Trinajstić information content (AvgIpc) is 2.12. The normalized spacial score (nSPS) is 13.5. The molecule has 0 radical (unpaired) electrons. The van der Waals surface area contributed by atoms with Crippen LogP contribution in [0.25, 0.3) is 0 Å². The van der Waals surface area contributed by atoms with Gasteiger partial charge in [0.2, 0.25) is 0 Å². The molecule has 0 bridgehead atoms. The SMILES string of the molecule is CC(N)Cc1cc(Cl)cc(Cl)c1OCC(F)(F)F. The van der Waals surface area contributed by atoms with Gasteiger partial charge in [0.05, 0.1) is 5.02 Å². The second-order valence-electron chi connectivity index (χ2n) is 3.96. The molecule has 0 saturated heterocycles. The summed E-state index contributed by atoms with van der Waals surface area (Å²) in [6.07, 6.45) is -4.10. The number of hydrogen-bond acceptors (Lipinski definition) is 2. The van der Waals surface area contributed by atoms with Crippen molar-refractivity contribution in [3.8, 4) is 5.75 Å². The predicted octanol–water partition coefficient (Wildman–Crippen LogP) is 3.82. The van der Waals surface area contributed by atoms with Crippen molar-refractivity contribution in [2.45, 2.75) is 25.6 Å². The van der Waals surface area contributed by atoms with Crippen LogP contribution < -0.4 is 10.5 Å². The highest BCUT2D eigenvalue weighted by Crippen LogP contribution is 2.34. The van der Waals surface area contributed by atoms with Gasteiger partial charge < -0.3 is 10.5 Å². The zero-order valence-corrected chi connectivity index (χ0v) is 11.0. The quantitative estimate of drug-likeness (QED) is 0.917. The summed E-state index contributed by atoms with van der Waals surface area (Å²) >= 11 is 11.6. The largest absolute Gasteiger partial charge is 0.482 e. The predicted molar refractivity (Wildman–Crippen MR) is 65.4 cm³/mol. The lowest BCUT2D eigenvalue weighted by molar-refractivity contribution is -0.153. The third kappa shape index (κ3) is 4.92. The van der Waals surface area contributed by atoms with E-state index in [1.165, 1.54) is 12.1 Å². The molecule has 18 heavy (non-hydrogen) atoms. The second-order valence-corrected chi connectivity index (χ2v) is 4.80. The lowest BCUT2D eigenvalue weighted by Gasteiger charge is -2.16. The molecule has 1 aromatic carbocycles. The van der Waals surface area contributed by atoms with Crippen LogP contribution in [0.5, 0.6) is 5.75 Å². The molecule has 1 unspecified atom stereocenters. The molecule has 0 spiro atoms. The van der Waals surface area contributed by atoms with E-state index in [1.54, 1.807) is 6.92 Å². The highest BCUT2D eigenvalue weighted by molar-refractivity contribution is 6.35. The first-order chi connectivity index (χ1) is 8.19. The molecule has 0 aliphatic carbocycles. The van der Waals surface area contributed by atoms with Crippen LogP contribution in [-0.2, 0) is 6.42 Å². The second kappa shape index (κ2) is 5.99. The number of halogens is 5. The van der Waals surface area contributed by atoms with Crippen LogP contribution in [0.1, 0.15) is 12.5 Å². The number of ether oxygens (including phenoxy) is 1. The zero-order chi connectivity index (χ0) is 13.9. The van der Waals surface area contributed by atoms with Crippen molar-refractivity contribution >= 4 is 23.2 Å². The number of nitrogens with two attached hydrogens (primary N) is 1. The van der Waals surface area contributed by atoms with Crippen molar-refractivity contribution in [3.63, 3.8) is 0 Å². The minimum absolute atomic E-state index is 0.0179. The van der Waals surface area contributed by atoms with Gasteiger partial charge in [-0.05, 0) is 31.0 Å². The van der Waals surface area contributed by atoms with Crippen molar-refractivity contribution in [2.75, 3.05) is 6.61 Å². The molecule has 0 aliphatic heterocycles. The Kier molecular flexibility index (Phi) is 5.13. The summed E-state index contributed by atoms with van der Waals surface area (Å²) in [6, 6.07) is 2.59.